The van der Waals surface area contributed by atoms with Crippen molar-refractivity contribution in [3.63, 3.8) is 0 Å². The quantitative estimate of drug-likeness (QED) is 0.167. The number of rotatable bonds is 9. The van der Waals surface area contributed by atoms with Gasteiger partial charge in [0.2, 0.25) is 0 Å². The zero-order valence-electron chi connectivity index (χ0n) is 15.7. The van der Waals surface area contributed by atoms with Crippen molar-refractivity contribution in [2.45, 2.75) is 26.7 Å². The number of esters is 2. The maximum Gasteiger partial charge on any atom is 0.324 e. The summed E-state index contributed by atoms with van der Waals surface area (Å²) in [6.07, 6.45) is 4.15. The molecule has 0 unspecified atom stereocenters. The lowest BCUT2D eigenvalue weighted by Gasteiger charge is -2.26. The van der Waals surface area contributed by atoms with E-state index in [9.17, 15) is 14.4 Å². The summed E-state index contributed by atoms with van der Waals surface area (Å²) >= 11 is 0. The lowest BCUT2D eigenvalue weighted by atomic mass is 9.81. The summed E-state index contributed by atoms with van der Waals surface area (Å²) in [5, 5.41) is 0. The van der Waals surface area contributed by atoms with Crippen molar-refractivity contribution in [2.75, 3.05) is 13.2 Å². The smallest absolute Gasteiger partial charge is 0.324 e. The van der Waals surface area contributed by atoms with Crippen molar-refractivity contribution < 1.29 is 23.9 Å². The third kappa shape index (κ3) is 6.27. The second-order valence-corrected chi connectivity index (χ2v) is 5.58. The van der Waals surface area contributed by atoms with Gasteiger partial charge in [0.25, 0.3) is 0 Å². The van der Waals surface area contributed by atoms with E-state index in [0.717, 1.165) is 0 Å². The van der Waals surface area contributed by atoms with Crippen LogP contribution >= 0.6 is 0 Å². The normalized spacial score (nSPS) is 10.6. The Bertz CT molecular complexity index is 732. The standard InChI is InChI=1S/C22H24O5/c1-4-16-22(20(24)26-5-2,21(25)27-6-3)17-12-8-11-15-19(23)18-13-9-7-10-14-18/h4,7,9-11,13-15H,1,5-6,16-17H2,2-3H3/b15-11+. The summed E-state index contributed by atoms with van der Waals surface area (Å²) in [5.74, 6) is 3.88. The van der Waals surface area contributed by atoms with Gasteiger partial charge in [-0.3, -0.25) is 14.4 Å². The number of hydrogen-bond acceptors (Lipinski definition) is 5. The van der Waals surface area contributed by atoms with Crippen LogP contribution in [0.25, 0.3) is 0 Å². The van der Waals surface area contributed by atoms with Gasteiger partial charge in [-0.15, -0.1) is 6.58 Å². The average Bonchev–Trinajstić information content (AvgIpc) is 2.67. The molecule has 0 amide bonds. The minimum Gasteiger partial charge on any atom is -0.465 e. The van der Waals surface area contributed by atoms with E-state index < -0.39 is 17.4 Å². The van der Waals surface area contributed by atoms with Crippen LogP contribution < -0.4 is 0 Å². The summed E-state index contributed by atoms with van der Waals surface area (Å²) in [5.41, 5.74) is -1.01. The van der Waals surface area contributed by atoms with E-state index in [2.05, 4.69) is 18.4 Å². The molecule has 142 valence electrons. The SMILES string of the molecule is C=CCC(CC#C/C=C/C(=O)c1ccccc1)(C(=O)OCC)C(=O)OCC. The van der Waals surface area contributed by atoms with E-state index >= 15 is 0 Å². The first kappa shape index (κ1) is 21.9. The predicted molar refractivity (Wildman–Crippen MR) is 103 cm³/mol. The van der Waals surface area contributed by atoms with Crippen LogP contribution in [-0.4, -0.2) is 30.9 Å². The molecule has 0 aliphatic carbocycles. The molecule has 1 aromatic carbocycles. The molecule has 0 bridgehead atoms. The fourth-order valence-corrected chi connectivity index (χ4v) is 2.33. The van der Waals surface area contributed by atoms with Crippen LogP contribution in [0.15, 0.2) is 55.1 Å². The number of ketones is 1. The number of carbonyl (C=O) groups excluding carboxylic acids is 3. The number of ether oxygens (including phenoxy) is 2. The third-order valence-electron chi connectivity index (χ3n) is 3.69. The Morgan fingerprint density at radius 3 is 2.19 bits per heavy atom. The van der Waals surface area contributed by atoms with Crippen molar-refractivity contribution in [1.82, 2.24) is 0 Å². The van der Waals surface area contributed by atoms with E-state index in [1.807, 2.05) is 6.07 Å². The average molecular weight is 368 g/mol. The zero-order chi connectivity index (χ0) is 20.1. The minimum atomic E-state index is -1.56. The van der Waals surface area contributed by atoms with Crippen molar-refractivity contribution in [3.05, 3.63) is 60.7 Å². The van der Waals surface area contributed by atoms with Gasteiger partial charge in [0.15, 0.2) is 11.2 Å². The van der Waals surface area contributed by atoms with Gasteiger partial charge in [0.05, 0.1) is 13.2 Å². The second-order valence-electron chi connectivity index (χ2n) is 5.58. The summed E-state index contributed by atoms with van der Waals surface area (Å²) in [4.78, 5) is 36.8. The highest BCUT2D eigenvalue weighted by Gasteiger charge is 2.47. The topological polar surface area (TPSA) is 69.7 Å². The Morgan fingerprint density at radius 1 is 1.07 bits per heavy atom. The van der Waals surface area contributed by atoms with E-state index in [0.29, 0.717) is 5.56 Å². The molecule has 0 fully saturated rings. The van der Waals surface area contributed by atoms with Crippen LogP contribution in [0.3, 0.4) is 0 Å². The van der Waals surface area contributed by atoms with Gasteiger partial charge >= 0.3 is 11.9 Å². The van der Waals surface area contributed by atoms with Crippen LogP contribution in [0.4, 0.5) is 0 Å². The number of benzene rings is 1. The Kier molecular flexibility index (Phi) is 9.32. The maximum absolute atomic E-state index is 12.4. The monoisotopic (exact) mass is 368 g/mol. The first-order valence-electron chi connectivity index (χ1n) is 8.71. The Hall–Kier alpha value is -3.13. The lowest BCUT2D eigenvalue weighted by molar-refractivity contribution is -0.171. The van der Waals surface area contributed by atoms with Crippen molar-refractivity contribution >= 4 is 17.7 Å². The van der Waals surface area contributed by atoms with Gasteiger partial charge in [-0.2, -0.15) is 0 Å². The number of carbonyl (C=O) groups is 3. The van der Waals surface area contributed by atoms with Crippen molar-refractivity contribution in [3.8, 4) is 11.8 Å². The first-order chi connectivity index (χ1) is 13.0. The molecule has 1 rings (SSSR count). The largest absolute Gasteiger partial charge is 0.465 e. The van der Waals surface area contributed by atoms with Crippen LogP contribution in [-0.2, 0) is 19.1 Å². The molecule has 0 radical (unpaired) electrons. The predicted octanol–water partition coefficient (Wildman–Crippen LogP) is 3.51. The van der Waals surface area contributed by atoms with E-state index in [1.165, 1.54) is 18.2 Å². The molecule has 0 saturated carbocycles. The van der Waals surface area contributed by atoms with E-state index in [-0.39, 0.29) is 31.8 Å². The molecule has 0 N–H and O–H groups in total. The Balaban J connectivity index is 2.96. The molecule has 0 atom stereocenters. The number of hydrogen-bond donors (Lipinski definition) is 0. The molecule has 5 nitrogen and oxygen atoms in total. The summed E-state index contributed by atoms with van der Waals surface area (Å²) in [6, 6.07) is 8.78. The highest BCUT2D eigenvalue weighted by molar-refractivity contribution is 6.04. The van der Waals surface area contributed by atoms with Crippen LogP contribution in [0.5, 0.6) is 0 Å². The number of allylic oxidation sites excluding steroid dienone is 3. The molecule has 0 spiro atoms. The Labute approximate surface area is 160 Å². The van der Waals surface area contributed by atoms with Crippen LogP contribution in [0.1, 0.15) is 37.0 Å². The van der Waals surface area contributed by atoms with Crippen LogP contribution in [0, 0.1) is 17.3 Å². The molecular formula is C22H24O5. The highest BCUT2D eigenvalue weighted by atomic mass is 16.6. The molecule has 1 aromatic rings. The highest BCUT2D eigenvalue weighted by Crippen LogP contribution is 2.31. The third-order valence-corrected chi connectivity index (χ3v) is 3.69. The Morgan fingerprint density at radius 2 is 1.67 bits per heavy atom. The van der Waals surface area contributed by atoms with E-state index in [4.69, 9.17) is 9.47 Å². The molecule has 0 aromatic heterocycles. The van der Waals surface area contributed by atoms with Crippen LogP contribution in [0.2, 0.25) is 0 Å². The lowest BCUT2D eigenvalue weighted by Crippen LogP contribution is -2.41. The molecule has 0 aliphatic rings. The van der Waals surface area contributed by atoms with Gasteiger partial charge in [0.1, 0.15) is 0 Å². The fraction of sp³-hybridized carbons (Fsp3) is 0.318. The van der Waals surface area contributed by atoms with Crippen molar-refractivity contribution in [2.24, 2.45) is 5.41 Å². The van der Waals surface area contributed by atoms with Gasteiger partial charge < -0.3 is 9.47 Å². The fourth-order valence-electron chi connectivity index (χ4n) is 2.33. The van der Waals surface area contributed by atoms with Gasteiger partial charge in [-0.05, 0) is 32.4 Å². The zero-order valence-corrected chi connectivity index (χ0v) is 15.7. The molecule has 5 heteroatoms. The first-order valence-corrected chi connectivity index (χ1v) is 8.71. The summed E-state index contributed by atoms with van der Waals surface area (Å²) in [7, 11) is 0. The second kappa shape index (κ2) is 11.5. The molecule has 0 heterocycles. The molecular weight excluding hydrogens is 344 g/mol. The van der Waals surface area contributed by atoms with Gasteiger partial charge in [-0.1, -0.05) is 48.2 Å². The minimum absolute atomic E-state index is 0.0476. The molecule has 0 aliphatic heterocycles. The maximum atomic E-state index is 12.4. The summed E-state index contributed by atoms with van der Waals surface area (Å²) in [6.45, 7) is 7.20. The molecule has 0 saturated heterocycles. The molecule has 27 heavy (non-hydrogen) atoms. The van der Waals surface area contributed by atoms with Gasteiger partial charge in [-0.25, -0.2) is 0 Å². The van der Waals surface area contributed by atoms with Crippen molar-refractivity contribution in [1.29, 1.82) is 0 Å². The van der Waals surface area contributed by atoms with Gasteiger partial charge in [0, 0.05) is 12.0 Å². The van der Waals surface area contributed by atoms with E-state index in [1.54, 1.807) is 38.1 Å². The summed E-state index contributed by atoms with van der Waals surface area (Å²) < 4.78 is 10.1.